The molecular weight excluding hydrogens is 414 g/mol. The molecule has 5 nitrogen and oxygen atoms in total. The van der Waals surface area contributed by atoms with E-state index in [1.807, 2.05) is 85.1 Å². The van der Waals surface area contributed by atoms with Crippen molar-refractivity contribution in [2.24, 2.45) is 0 Å². The van der Waals surface area contributed by atoms with Gasteiger partial charge >= 0.3 is 0 Å². The van der Waals surface area contributed by atoms with E-state index in [2.05, 4.69) is 9.88 Å². The molecule has 0 aliphatic carbocycles. The molecule has 0 atom stereocenters. The Morgan fingerprint density at radius 2 is 1.28 bits per heavy atom. The Bertz CT molecular complexity index is 1330. The molecule has 1 heterocycles. The fourth-order valence-electron chi connectivity index (χ4n) is 3.23. The van der Waals surface area contributed by atoms with Gasteiger partial charge in [0.25, 0.3) is 0 Å². The third kappa shape index (κ3) is 4.11. The highest BCUT2D eigenvalue weighted by atomic mass is 32.1. The third-order valence-electron chi connectivity index (χ3n) is 4.76. The zero-order chi connectivity index (χ0) is 22.3. The fraction of sp³-hybridized carbons (Fsp3) is 0. The normalized spacial score (nSPS) is 9.78. The number of rotatable bonds is 5. The van der Waals surface area contributed by atoms with Crippen molar-refractivity contribution in [2.45, 2.75) is 0 Å². The molecule has 0 amide bonds. The van der Waals surface area contributed by atoms with Crippen LogP contribution in [0.3, 0.4) is 0 Å². The Hall–Kier alpha value is -4.70. The number of nitrogens with zero attached hydrogens (tertiary/aromatic N) is 5. The summed E-state index contributed by atoms with van der Waals surface area (Å²) in [5.41, 5.74) is 3.38. The third-order valence-corrected chi connectivity index (χ3v) is 5.79. The van der Waals surface area contributed by atoms with Gasteiger partial charge in [-0.2, -0.15) is 15.8 Å². The summed E-state index contributed by atoms with van der Waals surface area (Å²) in [6, 6.07) is 32.8. The molecule has 32 heavy (non-hydrogen) atoms. The zero-order valence-electron chi connectivity index (χ0n) is 16.8. The topological polar surface area (TPSA) is 87.5 Å². The van der Waals surface area contributed by atoms with Crippen molar-refractivity contribution >= 4 is 33.4 Å². The molecule has 0 saturated carbocycles. The van der Waals surface area contributed by atoms with Gasteiger partial charge in [-0.3, -0.25) is 4.90 Å². The summed E-state index contributed by atoms with van der Waals surface area (Å²) < 4.78 is 0. The molecule has 4 aromatic rings. The Morgan fingerprint density at radius 1 is 0.719 bits per heavy atom. The second-order valence-corrected chi connectivity index (χ2v) is 7.69. The maximum atomic E-state index is 9.36. The average Bonchev–Trinajstić information content (AvgIpc) is 3.34. The van der Waals surface area contributed by atoms with Crippen molar-refractivity contribution in [3.05, 3.63) is 102 Å². The van der Waals surface area contributed by atoms with E-state index in [0.717, 1.165) is 26.9 Å². The van der Waals surface area contributed by atoms with Crippen LogP contribution in [0, 0.1) is 34.0 Å². The number of para-hydroxylation sites is 2. The number of allylic oxidation sites excluding steroid dienone is 2. The molecule has 0 fully saturated rings. The summed E-state index contributed by atoms with van der Waals surface area (Å²) in [7, 11) is 0. The molecule has 0 aliphatic heterocycles. The summed E-state index contributed by atoms with van der Waals surface area (Å²) in [4.78, 5) is 7.74. The van der Waals surface area contributed by atoms with Crippen molar-refractivity contribution in [3.8, 4) is 28.6 Å². The van der Waals surface area contributed by atoms with Gasteiger partial charge in [0.2, 0.25) is 0 Å². The Labute approximate surface area is 190 Å². The quantitative estimate of drug-likeness (QED) is 0.333. The number of nitriles is 3. The number of aromatic nitrogens is 1. The second-order valence-electron chi connectivity index (χ2n) is 6.68. The Balaban J connectivity index is 1.70. The van der Waals surface area contributed by atoms with Gasteiger partial charge in [-0.05, 0) is 35.4 Å². The van der Waals surface area contributed by atoms with Crippen LogP contribution in [0.2, 0.25) is 0 Å². The van der Waals surface area contributed by atoms with E-state index < -0.39 is 0 Å². The van der Waals surface area contributed by atoms with Crippen molar-refractivity contribution in [2.75, 3.05) is 4.90 Å². The maximum Gasteiger partial charge on any atom is 0.195 e. The van der Waals surface area contributed by atoms with E-state index in [0.29, 0.717) is 5.56 Å². The molecule has 0 bridgehead atoms. The number of hydrogen-bond acceptors (Lipinski definition) is 6. The van der Waals surface area contributed by atoms with Crippen LogP contribution < -0.4 is 4.90 Å². The molecule has 3 aromatic carbocycles. The molecule has 4 rings (SSSR count). The van der Waals surface area contributed by atoms with Gasteiger partial charge in [-0.1, -0.05) is 72.0 Å². The summed E-state index contributed by atoms with van der Waals surface area (Å²) in [6.45, 7) is 0. The second kappa shape index (κ2) is 9.41. The van der Waals surface area contributed by atoms with E-state index in [9.17, 15) is 5.26 Å². The molecule has 0 radical (unpaired) electrons. The lowest BCUT2D eigenvalue weighted by Gasteiger charge is -2.22. The molecule has 0 aliphatic rings. The number of benzene rings is 3. The predicted octanol–water partition coefficient (Wildman–Crippen LogP) is 6.60. The first-order chi connectivity index (χ1) is 15.7. The van der Waals surface area contributed by atoms with E-state index >= 15 is 0 Å². The van der Waals surface area contributed by atoms with E-state index in [4.69, 9.17) is 10.5 Å². The largest absolute Gasteiger partial charge is 0.286 e. The highest BCUT2D eigenvalue weighted by Crippen LogP contribution is 2.39. The molecule has 1 aromatic heterocycles. The molecule has 0 saturated heterocycles. The van der Waals surface area contributed by atoms with Gasteiger partial charge in [0.05, 0.1) is 10.5 Å². The molecule has 0 spiro atoms. The average molecular weight is 430 g/mol. The van der Waals surface area contributed by atoms with Crippen LogP contribution in [0.4, 0.5) is 16.5 Å². The smallest absolute Gasteiger partial charge is 0.195 e. The first-order valence-electron chi connectivity index (χ1n) is 9.66. The first kappa shape index (κ1) is 20.6. The van der Waals surface area contributed by atoms with Gasteiger partial charge in [-0.15, -0.1) is 0 Å². The molecule has 150 valence electrons. The standard InChI is InChI=1S/C26H15N5S/c27-15-21(16-28)24(17-29)19-11-13-20(14-12-19)25-18-30-26(32-25)31(22-7-3-1-4-8-22)23-9-5-2-6-10-23/h1-14,18H. The summed E-state index contributed by atoms with van der Waals surface area (Å²) >= 11 is 1.55. The summed E-state index contributed by atoms with van der Waals surface area (Å²) in [5.74, 6) is 0. The lowest BCUT2D eigenvalue weighted by atomic mass is 10.0. The van der Waals surface area contributed by atoms with Gasteiger partial charge in [0.1, 0.15) is 23.8 Å². The molecule has 0 unspecified atom stereocenters. The highest BCUT2D eigenvalue weighted by molar-refractivity contribution is 7.19. The minimum absolute atomic E-state index is 0.0749. The van der Waals surface area contributed by atoms with Crippen molar-refractivity contribution in [1.82, 2.24) is 4.98 Å². The van der Waals surface area contributed by atoms with Crippen LogP contribution in [-0.2, 0) is 0 Å². The van der Waals surface area contributed by atoms with E-state index in [-0.39, 0.29) is 11.1 Å². The monoisotopic (exact) mass is 429 g/mol. The number of hydrogen-bond donors (Lipinski definition) is 0. The minimum atomic E-state index is -0.193. The van der Waals surface area contributed by atoms with Gasteiger partial charge < -0.3 is 0 Å². The zero-order valence-corrected chi connectivity index (χ0v) is 17.6. The van der Waals surface area contributed by atoms with E-state index in [1.54, 1.807) is 35.6 Å². The lowest BCUT2D eigenvalue weighted by molar-refractivity contribution is 1.23. The maximum absolute atomic E-state index is 9.36. The Morgan fingerprint density at radius 3 is 1.78 bits per heavy atom. The molecular formula is C26H15N5S. The summed E-state index contributed by atoms with van der Waals surface area (Å²) in [6.07, 6.45) is 1.82. The molecule has 0 N–H and O–H groups in total. The van der Waals surface area contributed by atoms with Gasteiger partial charge in [-0.25, -0.2) is 4.98 Å². The van der Waals surface area contributed by atoms with Crippen LogP contribution in [0.15, 0.2) is 96.7 Å². The van der Waals surface area contributed by atoms with E-state index in [1.165, 1.54) is 0 Å². The minimum Gasteiger partial charge on any atom is -0.286 e. The van der Waals surface area contributed by atoms with Crippen LogP contribution in [0.5, 0.6) is 0 Å². The SMILES string of the molecule is N#CC(C#N)=C(C#N)c1ccc(-c2cnc(N(c3ccccc3)c3ccccc3)s2)cc1. The summed E-state index contributed by atoms with van der Waals surface area (Å²) in [5, 5.41) is 28.3. The number of thiazole rings is 1. The lowest BCUT2D eigenvalue weighted by Crippen LogP contribution is -2.08. The highest BCUT2D eigenvalue weighted by Gasteiger charge is 2.16. The first-order valence-corrected chi connectivity index (χ1v) is 10.5. The van der Waals surface area contributed by atoms with Gasteiger partial charge in [0, 0.05) is 17.6 Å². The van der Waals surface area contributed by atoms with Crippen LogP contribution in [-0.4, -0.2) is 4.98 Å². The predicted molar refractivity (Wildman–Crippen MR) is 126 cm³/mol. The van der Waals surface area contributed by atoms with Crippen molar-refractivity contribution in [1.29, 1.82) is 15.8 Å². The Kier molecular flexibility index (Phi) is 6.05. The van der Waals surface area contributed by atoms with Gasteiger partial charge in [0.15, 0.2) is 5.13 Å². The fourth-order valence-corrected chi connectivity index (χ4v) is 4.19. The van der Waals surface area contributed by atoms with Crippen LogP contribution in [0.25, 0.3) is 16.0 Å². The van der Waals surface area contributed by atoms with Crippen LogP contribution in [0.1, 0.15) is 5.56 Å². The molecule has 6 heteroatoms. The van der Waals surface area contributed by atoms with Crippen molar-refractivity contribution < 1.29 is 0 Å². The van der Waals surface area contributed by atoms with Crippen molar-refractivity contribution in [3.63, 3.8) is 0 Å². The number of anilines is 3. The van der Waals surface area contributed by atoms with Crippen LogP contribution >= 0.6 is 11.3 Å².